The van der Waals surface area contributed by atoms with E-state index in [1.165, 1.54) is 4.90 Å². The lowest BCUT2D eigenvalue weighted by Gasteiger charge is -2.35. The Balaban J connectivity index is 1.65. The van der Waals surface area contributed by atoms with Gasteiger partial charge in [0, 0.05) is 12.1 Å². The van der Waals surface area contributed by atoms with Crippen molar-refractivity contribution in [3.8, 4) is 17.2 Å². The van der Waals surface area contributed by atoms with Crippen LogP contribution in [0.25, 0.3) is 0 Å². The van der Waals surface area contributed by atoms with Gasteiger partial charge in [-0.25, -0.2) is 0 Å². The van der Waals surface area contributed by atoms with E-state index in [4.69, 9.17) is 14.2 Å². The summed E-state index contributed by atoms with van der Waals surface area (Å²) in [5.74, 6) is -2.11. The minimum Gasteiger partial charge on any atom is -0.497 e. The number of para-hydroxylation sites is 2. The second kappa shape index (κ2) is 11.2. The molecule has 0 bridgehead atoms. The molecule has 0 radical (unpaired) electrons. The number of methoxy groups -OCH3 is 1. The molecular formula is C28H25NO6. The van der Waals surface area contributed by atoms with Gasteiger partial charge in [0.15, 0.2) is 5.92 Å². The molecule has 0 saturated carbocycles. The summed E-state index contributed by atoms with van der Waals surface area (Å²) >= 11 is 0. The Morgan fingerprint density at radius 2 is 1.31 bits per heavy atom. The fraction of sp³-hybridized carbons (Fsp3) is 0.179. The van der Waals surface area contributed by atoms with E-state index in [0.29, 0.717) is 35.8 Å². The summed E-state index contributed by atoms with van der Waals surface area (Å²) in [7, 11) is 1.55. The molecule has 0 saturated heterocycles. The van der Waals surface area contributed by atoms with Gasteiger partial charge in [0.05, 0.1) is 13.2 Å². The molecule has 0 fully saturated rings. The molecule has 1 aliphatic rings. The molecule has 1 atom stereocenters. The Labute approximate surface area is 203 Å². The van der Waals surface area contributed by atoms with Crippen LogP contribution in [-0.2, 0) is 9.59 Å². The monoisotopic (exact) mass is 471 g/mol. The van der Waals surface area contributed by atoms with Crippen molar-refractivity contribution in [2.24, 2.45) is 5.92 Å². The number of ether oxygens (including phenoxy) is 3. The SMILES string of the molecule is COc1ccc(C(=O)N2CCC=C[C@@H]2C(C(=O)Oc2ccccc2)C(=O)Oc2ccccc2)cc1. The van der Waals surface area contributed by atoms with Gasteiger partial charge in [0.25, 0.3) is 5.91 Å². The van der Waals surface area contributed by atoms with E-state index < -0.39 is 23.9 Å². The predicted molar refractivity (Wildman–Crippen MR) is 129 cm³/mol. The summed E-state index contributed by atoms with van der Waals surface area (Å²) in [6, 6.07) is 22.7. The van der Waals surface area contributed by atoms with Crippen LogP contribution in [0.5, 0.6) is 17.2 Å². The second-order valence-electron chi connectivity index (χ2n) is 7.88. The Kier molecular flexibility index (Phi) is 7.57. The van der Waals surface area contributed by atoms with E-state index in [0.717, 1.165) is 0 Å². The second-order valence-corrected chi connectivity index (χ2v) is 7.88. The highest BCUT2D eigenvalue weighted by molar-refractivity contribution is 6.00. The lowest BCUT2D eigenvalue weighted by molar-refractivity contribution is -0.153. The summed E-state index contributed by atoms with van der Waals surface area (Å²) in [6.07, 6.45) is 4.13. The Bertz CT molecular complexity index is 1140. The third kappa shape index (κ3) is 5.76. The van der Waals surface area contributed by atoms with Crippen molar-refractivity contribution in [1.29, 1.82) is 0 Å². The van der Waals surface area contributed by atoms with Crippen LogP contribution in [0.3, 0.4) is 0 Å². The van der Waals surface area contributed by atoms with Crippen molar-refractivity contribution in [2.45, 2.75) is 12.5 Å². The fourth-order valence-electron chi connectivity index (χ4n) is 3.84. The quantitative estimate of drug-likeness (QED) is 0.221. The van der Waals surface area contributed by atoms with Gasteiger partial charge >= 0.3 is 11.9 Å². The van der Waals surface area contributed by atoms with Gasteiger partial charge in [0.2, 0.25) is 0 Å². The number of rotatable bonds is 7. The van der Waals surface area contributed by atoms with Crippen LogP contribution < -0.4 is 14.2 Å². The van der Waals surface area contributed by atoms with Crippen LogP contribution in [0.4, 0.5) is 0 Å². The first-order valence-corrected chi connectivity index (χ1v) is 11.2. The number of amides is 1. The van der Waals surface area contributed by atoms with Crippen molar-refractivity contribution < 1.29 is 28.6 Å². The molecule has 3 aromatic rings. The fourth-order valence-corrected chi connectivity index (χ4v) is 3.84. The highest BCUT2D eigenvalue weighted by Gasteiger charge is 2.42. The van der Waals surface area contributed by atoms with E-state index in [1.54, 1.807) is 98.1 Å². The lowest BCUT2D eigenvalue weighted by atomic mass is 9.94. The van der Waals surface area contributed by atoms with E-state index in [2.05, 4.69) is 0 Å². The third-order valence-corrected chi connectivity index (χ3v) is 5.60. The van der Waals surface area contributed by atoms with E-state index >= 15 is 0 Å². The minimum absolute atomic E-state index is 0.294. The third-order valence-electron chi connectivity index (χ3n) is 5.60. The van der Waals surface area contributed by atoms with Crippen molar-refractivity contribution in [3.05, 3.63) is 103 Å². The number of carbonyl (C=O) groups excluding carboxylic acids is 3. The van der Waals surface area contributed by atoms with Crippen LogP contribution in [0.2, 0.25) is 0 Å². The smallest absolute Gasteiger partial charge is 0.328 e. The van der Waals surface area contributed by atoms with E-state index in [9.17, 15) is 14.4 Å². The van der Waals surface area contributed by atoms with Crippen molar-refractivity contribution in [3.63, 3.8) is 0 Å². The number of carbonyl (C=O) groups is 3. The van der Waals surface area contributed by atoms with Gasteiger partial charge in [-0.05, 0) is 55.0 Å². The first-order chi connectivity index (χ1) is 17.1. The summed E-state index contributed by atoms with van der Waals surface area (Å²) in [4.78, 5) is 41.6. The molecule has 1 heterocycles. The summed E-state index contributed by atoms with van der Waals surface area (Å²) < 4.78 is 16.2. The van der Waals surface area contributed by atoms with Gasteiger partial charge in [-0.3, -0.25) is 14.4 Å². The highest BCUT2D eigenvalue weighted by atomic mass is 16.6. The summed E-state index contributed by atoms with van der Waals surface area (Å²) in [6.45, 7) is 0.333. The predicted octanol–water partition coefficient (Wildman–Crippen LogP) is 4.29. The molecule has 3 aromatic carbocycles. The van der Waals surface area contributed by atoms with Crippen LogP contribution in [-0.4, -0.2) is 42.4 Å². The number of benzene rings is 3. The van der Waals surface area contributed by atoms with Gasteiger partial charge in [-0.2, -0.15) is 0 Å². The number of hydrogen-bond donors (Lipinski definition) is 0. The molecule has 7 heteroatoms. The number of nitrogens with zero attached hydrogens (tertiary/aromatic N) is 1. The Morgan fingerprint density at radius 3 is 1.83 bits per heavy atom. The maximum absolute atomic E-state index is 13.4. The first-order valence-electron chi connectivity index (χ1n) is 11.2. The molecule has 1 amide bonds. The van der Waals surface area contributed by atoms with Gasteiger partial charge < -0.3 is 19.1 Å². The average molecular weight is 472 g/mol. The summed E-state index contributed by atoms with van der Waals surface area (Å²) in [5.41, 5.74) is 0.415. The van der Waals surface area contributed by atoms with Crippen LogP contribution in [0.15, 0.2) is 97.1 Å². The maximum Gasteiger partial charge on any atom is 0.328 e. The van der Waals surface area contributed by atoms with Crippen LogP contribution in [0.1, 0.15) is 16.8 Å². The molecule has 7 nitrogen and oxygen atoms in total. The molecule has 178 valence electrons. The molecular weight excluding hydrogens is 446 g/mol. The van der Waals surface area contributed by atoms with Crippen molar-refractivity contribution >= 4 is 17.8 Å². The molecule has 1 aliphatic heterocycles. The van der Waals surface area contributed by atoms with Crippen LogP contribution >= 0.6 is 0 Å². The molecule has 0 unspecified atom stereocenters. The molecule has 0 aromatic heterocycles. The van der Waals surface area contributed by atoms with Gasteiger partial charge in [-0.15, -0.1) is 0 Å². The zero-order valence-electron chi connectivity index (χ0n) is 19.2. The first kappa shape index (κ1) is 23.8. The summed E-state index contributed by atoms with van der Waals surface area (Å²) in [5, 5.41) is 0. The van der Waals surface area contributed by atoms with Crippen molar-refractivity contribution in [2.75, 3.05) is 13.7 Å². The van der Waals surface area contributed by atoms with Crippen molar-refractivity contribution in [1.82, 2.24) is 4.90 Å². The molecule has 0 spiro atoms. The highest BCUT2D eigenvalue weighted by Crippen LogP contribution is 2.26. The Morgan fingerprint density at radius 1 is 0.771 bits per heavy atom. The number of esters is 2. The van der Waals surface area contributed by atoms with Gasteiger partial charge in [-0.1, -0.05) is 48.6 Å². The molecule has 0 aliphatic carbocycles. The largest absolute Gasteiger partial charge is 0.497 e. The van der Waals surface area contributed by atoms with E-state index in [1.807, 2.05) is 6.08 Å². The molecule has 35 heavy (non-hydrogen) atoms. The average Bonchev–Trinajstić information content (AvgIpc) is 2.90. The zero-order valence-corrected chi connectivity index (χ0v) is 19.2. The van der Waals surface area contributed by atoms with Gasteiger partial charge in [0.1, 0.15) is 17.2 Å². The lowest BCUT2D eigenvalue weighted by Crippen LogP contribution is -2.52. The topological polar surface area (TPSA) is 82.1 Å². The molecule has 4 rings (SSSR count). The minimum atomic E-state index is -1.39. The number of hydrogen-bond acceptors (Lipinski definition) is 6. The van der Waals surface area contributed by atoms with E-state index in [-0.39, 0.29) is 5.91 Å². The standard InChI is InChI=1S/C28H25NO6/c1-33-21-17-15-20(16-18-21)26(30)29-19-9-8-14-24(29)25(27(31)34-22-10-4-2-5-11-22)28(32)35-23-12-6-3-7-13-23/h2-8,10-18,24-25H,9,19H2,1H3/t24-/m1/s1. The molecule has 0 N–H and O–H groups in total. The van der Waals surface area contributed by atoms with Crippen LogP contribution in [0, 0.1) is 5.92 Å². The normalized spacial score (nSPS) is 14.9. The zero-order chi connectivity index (χ0) is 24.6. The maximum atomic E-state index is 13.4. The Hall–Kier alpha value is -4.39.